The molecule has 4 aliphatic carbocycles. The fourth-order valence-electron chi connectivity index (χ4n) is 9.14. The number of esters is 2. The van der Waals surface area contributed by atoms with E-state index in [4.69, 9.17) is 18.9 Å². The van der Waals surface area contributed by atoms with Gasteiger partial charge in [-0.3, -0.25) is 14.5 Å². The number of rotatable bonds is 25. The predicted octanol–water partition coefficient (Wildman–Crippen LogP) is 8.51. The smallest absolute Gasteiger partial charge is 0.465 e. The molecule has 1 aliphatic heterocycles. The molecule has 290 valence electrons. The first-order valence-electron chi connectivity index (χ1n) is 20.6. The Labute approximate surface area is 309 Å². The average molecular weight is 715 g/mol. The lowest BCUT2D eigenvalue weighted by atomic mass is 9.49. The lowest BCUT2D eigenvalue weighted by molar-refractivity contribution is -0.155. The monoisotopic (exact) mass is 715 g/mol. The van der Waals surface area contributed by atoms with E-state index in [1.807, 2.05) is 0 Å². The van der Waals surface area contributed by atoms with Crippen LogP contribution in [0.25, 0.3) is 0 Å². The fraction of sp³-hybridized carbons (Fsp3) is 0.833. The van der Waals surface area contributed by atoms with E-state index in [1.54, 1.807) is 0 Å². The summed E-state index contributed by atoms with van der Waals surface area (Å²) < 4.78 is 22.1. The van der Waals surface area contributed by atoms with E-state index in [-0.39, 0.29) is 43.8 Å². The zero-order valence-electron chi connectivity index (χ0n) is 32.2. The van der Waals surface area contributed by atoms with Crippen LogP contribution in [0.4, 0.5) is 4.79 Å². The second-order valence-corrected chi connectivity index (χ2v) is 16.4. The van der Waals surface area contributed by atoms with E-state index in [0.29, 0.717) is 19.4 Å². The first-order chi connectivity index (χ1) is 24.8. The van der Waals surface area contributed by atoms with Gasteiger partial charge in [0.2, 0.25) is 0 Å². The van der Waals surface area contributed by atoms with Gasteiger partial charge in [-0.05, 0) is 107 Å². The Morgan fingerprint density at radius 3 is 1.90 bits per heavy atom. The maximum Gasteiger partial charge on any atom is 0.508 e. The van der Waals surface area contributed by atoms with Crippen LogP contribution in [0.15, 0.2) is 24.3 Å². The Kier molecular flexibility index (Phi) is 18.9. The topological polar surface area (TPSA) is 94.6 Å². The molecule has 4 saturated carbocycles. The number of unbranched alkanes of at least 4 members (excludes halogenated alkanes) is 8. The number of hydrogen-bond donors (Lipinski definition) is 0. The molecule has 1 atom stereocenters. The molecule has 1 saturated heterocycles. The third-order valence-corrected chi connectivity index (χ3v) is 11.6. The summed E-state index contributed by atoms with van der Waals surface area (Å²) in [5.74, 6) is 1.42. The molecule has 0 N–H and O–H groups in total. The molecule has 1 unspecified atom stereocenters. The average Bonchev–Trinajstić information content (AvgIpc) is 3.09. The maximum atomic E-state index is 13.1. The van der Waals surface area contributed by atoms with Gasteiger partial charge in [0.1, 0.15) is 26.4 Å². The van der Waals surface area contributed by atoms with E-state index >= 15 is 0 Å². The Bertz CT molecular complexity index is 1050. The number of carbonyl (C=O) groups is 3. The van der Waals surface area contributed by atoms with Crippen LogP contribution in [-0.4, -0.2) is 94.1 Å². The highest BCUT2D eigenvalue weighted by atomic mass is 16.7. The summed E-state index contributed by atoms with van der Waals surface area (Å²) in [6.45, 7) is 7.13. The molecule has 4 bridgehead atoms. The minimum atomic E-state index is -0.745. The highest BCUT2D eigenvalue weighted by molar-refractivity contribution is 5.70. The lowest BCUT2D eigenvalue weighted by Gasteiger charge is -2.56. The van der Waals surface area contributed by atoms with Crippen molar-refractivity contribution in [3.8, 4) is 0 Å². The molecule has 9 heteroatoms. The van der Waals surface area contributed by atoms with Crippen molar-refractivity contribution >= 4 is 18.1 Å². The predicted molar refractivity (Wildman–Crippen MR) is 201 cm³/mol. The minimum absolute atomic E-state index is 0.0328. The highest BCUT2D eigenvalue weighted by Gasteiger charge is 2.51. The van der Waals surface area contributed by atoms with Gasteiger partial charge >= 0.3 is 18.1 Å². The quantitative estimate of drug-likeness (QED) is 0.0399. The lowest BCUT2D eigenvalue weighted by Crippen LogP contribution is -2.47. The Morgan fingerprint density at radius 2 is 1.25 bits per heavy atom. The molecule has 1 heterocycles. The number of piperazine rings is 1. The van der Waals surface area contributed by atoms with Crippen molar-refractivity contribution < 1.29 is 33.3 Å². The van der Waals surface area contributed by atoms with Crippen molar-refractivity contribution in [2.75, 3.05) is 66.2 Å². The highest BCUT2D eigenvalue weighted by Crippen LogP contribution is 2.61. The van der Waals surface area contributed by atoms with Gasteiger partial charge in [0.25, 0.3) is 0 Å². The molecule has 0 radical (unpaired) electrons. The van der Waals surface area contributed by atoms with E-state index in [1.165, 1.54) is 51.4 Å². The largest absolute Gasteiger partial charge is 0.508 e. The fourth-order valence-corrected chi connectivity index (χ4v) is 9.14. The van der Waals surface area contributed by atoms with E-state index < -0.39 is 12.1 Å². The maximum absolute atomic E-state index is 13.1. The van der Waals surface area contributed by atoms with Gasteiger partial charge in [-0.25, -0.2) is 4.79 Å². The van der Waals surface area contributed by atoms with Crippen LogP contribution in [-0.2, 0) is 28.5 Å². The number of likely N-dealkylation sites (N-methyl/N-ethyl adjacent to an activating group) is 1. The first-order valence-corrected chi connectivity index (χ1v) is 20.6. The molecule has 0 aromatic carbocycles. The molecule has 0 aromatic heterocycles. The summed E-state index contributed by atoms with van der Waals surface area (Å²) in [4.78, 5) is 42.7. The molecule has 5 fully saturated rings. The standard InChI is InChI=1S/C42H70N2O7/c1-3-4-5-6-7-8-9-10-11-12-13-14-15-16-17-18-39(45)49-32-38(34-51-41(47)48-24-23-44-21-19-43(2)20-22-44)33-50-40(46)31-42-28-35-25-36(29-42)27-37(26-35)30-42/h7-8,10-11,35-38H,3-6,9,12-34H2,1-2H3/b8-7-,11-10-. The minimum Gasteiger partial charge on any atom is -0.465 e. The summed E-state index contributed by atoms with van der Waals surface area (Å²) in [5.41, 5.74) is 0.0966. The molecule has 0 amide bonds. The molecule has 0 spiro atoms. The zero-order valence-corrected chi connectivity index (χ0v) is 32.2. The summed E-state index contributed by atoms with van der Waals surface area (Å²) in [5, 5.41) is 0. The van der Waals surface area contributed by atoms with Crippen LogP contribution in [0.3, 0.4) is 0 Å². The SMILES string of the molecule is CCCCC/C=C\C/C=C\CCCCCCCC(=O)OCC(COC(=O)CC12CC3CC(CC(C3)C1)C2)COC(=O)OCCN1CCN(C)CC1. The van der Waals surface area contributed by atoms with Gasteiger partial charge in [-0.15, -0.1) is 0 Å². The van der Waals surface area contributed by atoms with E-state index in [9.17, 15) is 14.4 Å². The molecule has 9 nitrogen and oxygen atoms in total. The number of hydrogen-bond acceptors (Lipinski definition) is 9. The van der Waals surface area contributed by atoms with Crippen LogP contribution >= 0.6 is 0 Å². The van der Waals surface area contributed by atoms with E-state index in [2.05, 4.69) is 48.1 Å². The molecule has 51 heavy (non-hydrogen) atoms. The number of nitrogens with zero attached hydrogens (tertiary/aromatic N) is 2. The van der Waals surface area contributed by atoms with Crippen LogP contribution in [0, 0.1) is 29.1 Å². The van der Waals surface area contributed by atoms with Crippen molar-refractivity contribution in [1.82, 2.24) is 9.80 Å². The number of carbonyl (C=O) groups excluding carboxylic acids is 3. The summed E-state index contributed by atoms with van der Waals surface area (Å²) in [7, 11) is 2.11. The molecule has 0 aromatic rings. The third kappa shape index (κ3) is 16.4. The van der Waals surface area contributed by atoms with E-state index in [0.717, 1.165) is 102 Å². The molecular formula is C42H70N2O7. The van der Waals surface area contributed by atoms with Crippen LogP contribution in [0.1, 0.15) is 129 Å². The van der Waals surface area contributed by atoms with Crippen molar-refractivity contribution in [1.29, 1.82) is 0 Å². The van der Waals surface area contributed by atoms with Crippen LogP contribution in [0.2, 0.25) is 0 Å². The van der Waals surface area contributed by atoms with Gasteiger partial charge in [-0.1, -0.05) is 63.3 Å². The summed E-state index contributed by atoms with van der Waals surface area (Å²) >= 11 is 0. The van der Waals surface area contributed by atoms with Crippen molar-refractivity contribution in [3.05, 3.63) is 24.3 Å². The van der Waals surface area contributed by atoms with Gasteiger partial charge in [0, 0.05) is 39.1 Å². The normalized spacial score (nSPS) is 25.4. The molecular weight excluding hydrogens is 644 g/mol. The van der Waals surface area contributed by atoms with Gasteiger partial charge in [-0.2, -0.15) is 0 Å². The Morgan fingerprint density at radius 1 is 0.686 bits per heavy atom. The molecule has 5 aliphatic rings. The summed E-state index contributed by atoms with van der Waals surface area (Å²) in [6.07, 6.45) is 29.0. The third-order valence-electron chi connectivity index (χ3n) is 11.6. The van der Waals surface area contributed by atoms with Crippen molar-refractivity contribution in [3.63, 3.8) is 0 Å². The van der Waals surface area contributed by atoms with Crippen molar-refractivity contribution in [2.45, 2.75) is 129 Å². The summed E-state index contributed by atoms with van der Waals surface area (Å²) in [6, 6.07) is 0. The van der Waals surface area contributed by atoms with Gasteiger partial charge in [0.05, 0.1) is 12.3 Å². The van der Waals surface area contributed by atoms with Gasteiger partial charge in [0.15, 0.2) is 0 Å². The van der Waals surface area contributed by atoms with Crippen LogP contribution < -0.4 is 0 Å². The zero-order chi connectivity index (χ0) is 36.2. The molecule has 5 rings (SSSR count). The Hall–Kier alpha value is -2.39. The van der Waals surface area contributed by atoms with Crippen LogP contribution in [0.5, 0.6) is 0 Å². The van der Waals surface area contributed by atoms with Crippen molar-refractivity contribution in [2.24, 2.45) is 29.1 Å². The number of allylic oxidation sites excluding steroid dienone is 4. The number of ether oxygens (including phenoxy) is 4. The Balaban J connectivity index is 1.10. The second-order valence-electron chi connectivity index (χ2n) is 16.4. The van der Waals surface area contributed by atoms with Gasteiger partial charge < -0.3 is 23.8 Å². The second kappa shape index (κ2) is 23.3. The first kappa shape index (κ1) is 41.4.